The average Bonchev–Trinajstić information content (AvgIpc) is 2.80. The van der Waals surface area contributed by atoms with E-state index in [0.717, 1.165) is 11.1 Å². The summed E-state index contributed by atoms with van der Waals surface area (Å²) in [4.78, 5) is 13.5. The van der Waals surface area contributed by atoms with E-state index >= 15 is 0 Å². The molecule has 1 N–H and O–H groups in total. The Morgan fingerprint density at radius 1 is 0.719 bits per heavy atom. The highest BCUT2D eigenvalue weighted by atomic mass is 32.2. The molecule has 0 aliphatic rings. The Hall–Kier alpha value is -3.70. The van der Waals surface area contributed by atoms with Crippen molar-refractivity contribution < 1.29 is 13.2 Å². The minimum absolute atomic E-state index is 0.111. The van der Waals surface area contributed by atoms with Crippen LogP contribution < -0.4 is 4.72 Å². The highest BCUT2D eigenvalue weighted by Gasteiger charge is 2.21. The lowest BCUT2D eigenvalue weighted by Crippen LogP contribution is -2.14. The lowest BCUT2D eigenvalue weighted by atomic mass is 9.90. The second kappa shape index (κ2) is 8.81. The lowest BCUT2D eigenvalue weighted by Gasteiger charge is -2.17. The van der Waals surface area contributed by atoms with E-state index in [1.807, 2.05) is 56.3 Å². The van der Waals surface area contributed by atoms with Crippen molar-refractivity contribution in [1.82, 2.24) is 0 Å². The first-order valence-corrected chi connectivity index (χ1v) is 11.7. The summed E-state index contributed by atoms with van der Waals surface area (Å²) < 4.78 is 28.8. The lowest BCUT2D eigenvalue weighted by molar-refractivity contribution is 0.103. The standard InChI is InChI=1S/C27H23NO3S/c1-19-15-17-22(18-16-19)32(30,31)28-25-14-7-6-12-23(25)26-20(2)9-8-13-24(26)27(29)21-10-4-3-5-11-21/h3-18,28H,1-2H3. The van der Waals surface area contributed by atoms with Gasteiger partial charge in [-0.05, 0) is 43.2 Å². The Balaban J connectivity index is 1.82. The molecule has 0 bridgehead atoms. The summed E-state index contributed by atoms with van der Waals surface area (Å²) in [5.74, 6) is -0.111. The summed E-state index contributed by atoms with van der Waals surface area (Å²) in [6.07, 6.45) is 0. The molecule has 160 valence electrons. The van der Waals surface area contributed by atoms with E-state index in [9.17, 15) is 13.2 Å². The maximum atomic E-state index is 13.3. The molecule has 4 aromatic rings. The molecule has 0 saturated heterocycles. The number of rotatable bonds is 6. The molecule has 4 aromatic carbocycles. The molecule has 4 nitrogen and oxygen atoms in total. The van der Waals surface area contributed by atoms with Crippen molar-refractivity contribution >= 4 is 21.5 Å². The molecule has 0 fully saturated rings. The van der Waals surface area contributed by atoms with Crippen molar-refractivity contribution in [2.24, 2.45) is 0 Å². The maximum Gasteiger partial charge on any atom is 0.261 e. The topological polar surface area (TPSA) is 63.2 Å². The molecule has 0 saturated carbocycles. The van der Waals surface area contributed by atoms with Gasteiger partial charge in [0.1, 0.15) is 0 Å². The third kappa shape index (κ3) is 4.34. The van der Waals surface area contributed by atoms with Crippen LogP contribution in [0.1, 0.15) is 27.0 Å². The van der Waals surface area contributed by atoms with Crippen LogP contribution >= 0.6 is 0 Å². The van der Waals surface area contributed by atoms with Crippen LogP contribution in [0.5, 0.6) is 0 Å². The molecule has 0 aliphatic heterocycles. The summed E-state index contributed by atoms with van der Waals surface area (Å²) in [5.41, 5.74) is 4.76. The van der Waals surface area contributed by atoms with Gasteiger partial charge < -0.3 is 0 Å². The number of ketones is 1. The number of hydrogen-bond acceptors (Lipinski definition) is 3. The molecule has 4 rings (SSSR count). The minimum atomic E-state index is -3.79. The van der Waals surface area contributed by atoms with Gasteiger partial charge in [-0.15, -0.1) is 0 Å². The van der Waals surface area contributed by atoms with Crippen LogP contribution in [-0.2, 0) is 10.0 Å². The maximum absolute atomic E-state index is 13.3. The number of benzene rings is 4. The summed E-state index contributed by atoms with van der Waals surface area (Å²) in [7, 11) is -3.79. The second-order valence-corrected chi connectivity index (χ2v) is 9.34. The summed E-state index contributed by atoms with van der Waals surface area (Å²) in [6, 6.07) is 28.5. The summed E-state index contributed by atoms with van der Waals surface area (Å²) >= 11 is 0. The molecule has 0 aliphatic carbocycles. The number of hydrogen-bond donors (Lipinski definition) is 1. The predicted molar refractivity (Wildman–Crippen MR) is 128 cm³/mol. The Morgan fingerprint density at radius 2 is 1.38 bits per heavy atom. The zero-order valence-electron chi connectivity index (χ0n) is 17.9. The van der Waals surface area contributed by atoms with Crippen LogP contribution in [0.15, 0.2) is 102 Å². The number of para-hydroxylation sites is 1. The zero-order valence-corrected chi connectivity index (χ0v) is 18.7. The Morgan fingerprint density at radius 3 is 2.09 bits per heavy atom. The van der Waals surface area contributed by atoms with Crippen molar-refractivity contribution in [3.8, 4) is 11.1 Å². The van der Waals surface area contributed by atoms with Crippen LogP contribution in [-0.4, -0.2) is 14.2 Å². The SMILES string of the molecule is Cc1ccc(S(=O)(=O)Nc2ccccc2-c2c(C)cccc2C(=O)c2ccccc2)cc1. The largest absolute Gasteiger partial charge is 0.289 e. The molecule has 0 radical (unpaired) electrons. The van der Waals surface area contributed by atoms with Gasteiger partial charge in [0, 0.05) is 16.7 Å². The fraction of sp³-hybridized carbons (Fsp3) is 0.0741. The number of carbonyl (C=O) groups is 1. The highest BCUT2D eigenvalue weighted by Crippen LogP contribution is 2.35. The quantitative estimate of drug-likeness (QED) is 0.373. The third-order valence-electron chi connectivity index (χ3n) is 5.33. The summed E-state index contributed by atoms with van der Waals surface area (Å²) in [6.45, 7) is 3.82. The van der Waals surface area contributed by atoms with Crippen molar-refractivity contribution in [1.29, 1.82) is 0 Å². The van der Waals surface area contributed by atoms with Gasteiger partial charge in [0.15, 0.2) is 5.78 Å². The van der Waals surface area contributed by atoms with Gasteiger partial charge in [0.05, 0.1) is 10.6 Å². The van der Waals surface area contributed by atoms with E-state index in [0.29, 0.717) is 27.9 Å². The van der Waals surface area contributed by atoms with Crippen molar-refractivity contribution in [3.63, 3.8) is 0 Å². The van der Waals surface area contributed by atoms with E-state index in [2.05, 4.69) is 4.72 Å². The van der Waals surface area contributed by atoms with E-state index < -0.39 is 10.0 Å². The average molecular weight is 442 g/mol. The van der Waals surface area contributed by atoms with E-state index in [1.54, 1.807) is 54.6 Å². The number of sulfonamides is 1. The van der Waals surface area contributed by atoms with Gasteiger partial charge in [-0.3, -0.25) is 9.52 Å². The molecule has 0 atom stereocenters. The van der Waals surface area contributed by atoms with E-state index in [-0.39, 0.29) is 10.7 Å². The zero-order chi connectivity index (χ0) is 22.7. The fourth-order valence-corrected chi connectivity index (χ4v) is 4.75. The van der Waals surface area contributed by atoms with E-state index in [4.69, 9.17) is 0 Å². The number of anilines is 1. The molecule has 0 heterocycles. The van der Waals surface area contributed by atoms with Gasteiger partial charge >= 0.3 is 0 Å². The summed E-state index contributed by atoms with van der Waals surface area (Å²) in [5, 5.41) is 0. The molecule has 0 spiro atoms. The Labute approximate surface area is 188 Å². The van der Waals surface area contributed by atoms with Crippen LogP contribution in [0.2, 0.25) is 0 Å². The van der Waals surface area contributed by atoms with Gasteiger partial charge in [0.25, 0.3) is 10.0 Å². The van der Waals surface area contributed by atoms with Crippen LogP contribution in [0, 0.1) is 13.8 Å². The fourth-order valence-electron chi connectivity index (χ4n) is 3.67. The molecule has 0 unspecified atom stereocenters. The van der Waals surface area contributed by atoms with E-state index in [1.165, 1.54) is 0 Å². The smallest absolute Gasteiger partial charge is 0.261 e. The molecular weight excluding hydrogens is 418 g/mol. The highest BCUT2D eigenvalue weighted by molar-refractivity contribution is 7.92. The first-order chi connectivity index (χ1) is 15.4. The van der Waals surface area contributed by atoms with Gasteiger partial charge in [-0.1, -0.05) is 84.4 Å². The number of nitrogens with one attached hydrogen (secondary N) is 1. The first-order valence-electron chi connectivity index (χ1n) is 10.2. The van der Waals surface area contributed by atoms with Gasteiger partial charge in [0.2, 0.25) is 0 Å². The number of carbonyl (C=O) groups excluding carboxylic acids is 1. The van der Waals surface area contributed by atoms with Crippen LogP contribution in [0.25, 0.3) is 11.1 Å². The second-order valence-electron chi connectivity index (χ2n) is 7.66. The molecule has 5 heteroatoms. The molecular formula is C27H23NO3S. The van der Waals surface area contributed by atoms with Crippen LogP contribution in [0.3, 0.4) is 0 Å². The Kier molecular flexibility index (Phi) is 5.93. The predicted octanol–water partition coefficient (Wildman–Crippen LogP) is 6.00. The van der Waals surface area contributed by atoms with Crippen LogP contribution in [0.4, 0.5) is 5.69 Å². The molecule has 32 heavy (non-hydrogen) atoms. The third-order valence-corrected chi connectivity index (χ3v) is 6.71. The monoisotopic (exact) mass is 441 g/mol. The van der Waals surface area contributed by atoms with Crippen molar-refractivity contribution in [2.45, 2.75) is 18.7 Å². The minimum Gasteiger partial charge on any atom is -0.289 e. The molecule has 0 aromatic heterocycles. The van der Waals surface area contributed by atoms with Crippen molar-refractivity contribution in [3.05, 3.63) is 119 Å². The van der Waals surface area contributed by atoms with Gasteiger partial charge in [-0.25, -0.2) is 8.42 Å². The first kappa shape index (κ1) is 21.5. The normalized spacial score (nSPS) is 11.2. The van der Waals surface area contributed by atoms with Crippen molar-refractivity contribution in [2.75, 3.05) is 4.72 Å². The number of aryl methyl sites for hydroxylation is 2. The van der Waals surface area contributed by atoms with Gasteiger partial charge in [-0.2, -0.15) is 0 Å². The Bertz CT molecular complexity index is 1380. The molecule has 0 amide bonds.